The molecule has 6 nitrogen and oxygen atoms in total. The van der Waals surface area contributed by atoms with Gasteiger partial charge in [-0.15, -0.1) is 23.1 Å². The second-order valence-electron chi connectivity index (χ2n) is 6.45. The Bertz CT molecular complexity index is 1120. The minimum atomic E-state index is -0.333. The van der Waals surface area contributed by atoms with E-state index < -0.39 is 0 Å². The van der Waals surface area contributed by atoms with Gasteiger partial charge >= 0.3 is 0 Å². The number of thioether (sulfide) groups is 1. The molecule has 1 amide bonds. The van der Waals surface area contributed by atoms with Gasteiger partial charge in [-0.1, -0.05) is 17.3 Å². The summed E-state index contributed by atoms with van der Waals surface area (Å²) in [4.78, 5) is 17.4. The molecule has 3 aromatic heterocycles. The van der Waals surface area contributed by atoms with Crippen molar-refractivity contribution in [3.05, 3.63) is 59.1 Å². The van der Waals surface area contributed by atoms with Gasteiger partial charge in [0.05, 0.1) is 21.8 Å². The molecule has 9 heteroatoms. The van der Waals surface area contributed by atoms with Crippen molar-refractivity contribution in [3.8, 4) is 10.6 Å². The van der Waals surface area contributed by atoms with Crippen molar-refractivity contribution in [1.29, 1.82) is 0 Å². The molecular formula is C20H19FN4O2S2. The zero-order chi connectivity index (χ0) is 20.2. The molecule has 0 aliphatic carbocycles. The van der Waals surface area contributed by atoms with Crippen LogP contribution in [0.3, 0.4) is 0 Å². The molecule has 1 N–H and O–H groups in total. The molecule has 0 saturated heterocycles. The fraction of sp³-hybridized carbons (Fsp3) is 0.250. The highest BCUT2D eigenvalue weighted by Gasteiger charge is 2.12. The van der Waals surface area contributed by atoms with Crippen LogP contribution in [0.1, 0.15) is 11.5 Å². The molecule has 0 spiro atoms. The number of fused-ring (bicyclic) bond motifs is 1. The van der Waals surface area contributed by atoms with Crippen LogP contribution in [0.25, 0.3) is 21.7 Å². The second kappa shape index (κ2) is 8.79. The fourth-order valence-electron chi connectivity index (χ4n) is 2.98. The number of thiophene rings is 1. The van der Waals surface area contributed by atoms with Gasteiger partial charge in [-0.3, -0.25) is 4.79 Å². The summed E-state index contributed by atoms with van der Waals surface area (Å²) >= 11 is 3.07. The van der Waals surface area contributed by atoms with Crippen LogP contribution in [0.2, 0.25) is 0 Å². The van der Waals surface area contributed by atoms with Gasteiger partial charge in [0, 0.05) is 31.8 Å². The Morgan fingerprint density at radius 3 is 3.03 bits per heavy atom. The molecule has 0 unspecified atom stereocenters. The summed E-state index contributed by atoms with van der Waals surface area (Å²) in [6, 6.07) is 10.7. The van der Waals surface area contributed by atoms with Gasteiger partial charge in [0.1, 0.15) is 11.3 Å². The third-order valence-corrected chi connectivity index (χ3v) is 6.28. The third kappa shape index (κ3) is 4.51. The van der Waals surface area contributed by atoms with Crippen LogP contribution in [0.4, 0.5) is 4.39 Å². The Balaban J connectivity index is 1.22. The van der Waals surface area contributed by atoms with Crippen LogP contribution in [0.15, 0.2) is 46.3 Å². The monoisotopic (exact) mass is 430 g/mol. The Morgan fingerprint density at radius 1 is 1.34 bits per heavy atom. The number of imidazole rings is 1. The maximum absolute atomic E-state index is 13.8. The summed E-state index contributed by atoms with van der Waals surface area (Å²) < 4.78 is 21.0. The van der Waals surface area contributed by atoms with Crippen LogP contribution in [0.5, 0.6) is 0 Å². The number of halogens is 1. The van der Waals surface area contributed by atoms with Gasteiger partial charge in [0.25, 0.3) is 0 Å². The summed E-state index contributed by atoms with van der Waals surface area (Å²) in [5, 5.41) is 8.91. The highest BCUT2D eigenvalue weighted by molar-refractivity contribution is 7.99. The first kappa shape index (κ1) is 19.7. The quantitative estimate of drug-likeness (QED) is 0.457. The van der Waals surface area contributed by atoms with Gasteiger partial charge in [0.2, 0.25) is 5.91 Å². The standard InChI is InChI=1S/C20H19FN4O2S2/c1-25-15-5-2-4-14(21)20(15)23-18(25)7-8-22-19(26)12-28-11-13-10-16(27-24-13)17-6-3-9-29-17/h2-6,9-10H,7-8,11-12H2,1H3,(H,22,26). The van der Waals surface area contributed by atoms with Gasteiger partial charge in [-0.25, -0.2) is 9.37 Å². The highest BCUT2D eigenvalue weighted by Crippen LogP contribution is 2.26. The van der Waals surface area contributed by atoms with Crippen LogP contribution in [0, 0.1) is 5.82 Å². The molecule has 0 fully saturated rings. The van der Waals surface area contributed by atoms with Crippen molar-refractivity contribution in [2.24, 2.45) is 7.05 Å². The number of nitrogens with zero attached hydrogens (tertiary/aromatic N) is 3. The number of hydrogen-bond acceptors (Lipinski definition) is 6. The SMILES string of the molecule is Cn1c(CCNC(=O)CSCc2cc(-c3cccs3)on2)nc2c(F)cccc21. The average molecular weight is 431 g/mol. The third-order valence-electron chi connectivity index (χ3n) is 4.43. The molecule has 0 bridgehead atoms. The zero-order valence-electron chi connectivity index (χ0n) is 15.7. The normalized spacial score (nSPS) is 11.2. The second-order valence-corrected chi connectivity index (χ2v) is 8.38. The Morgan fingerprint density at radius 2 is 2.24 bits per heavy atom. The summed E-state index contributed by atoms with van der Waals surface area (Å²) in [6.45, 7) is 0.449. The van der Waals surface area contributed by atoms with Crippen molar-refractivity contribution in [1.82, 2.24) is 20.0 Å². The van der Waals surface area contributed by atoms with E-state index in [1.807, 2.05) is 41.3 Å². The predicted octanol–water partition coefficient (Wildman–Crippen LogP) is 4.02. The molecule has 3 heterocycles. The van der Waals surface area contributed by atoms with Crippen molar-refractivity contribution < 1.29 is 13.7 Å². The van der Waals surface area contributed by atoms with Gasteiger partial charge in [-0.2, -0.15) is 0 Å². The molecule has 0 atom stereocenters. The maximum Gasteiger partial charge on any atom is 0.230 e. The van der Waals surface area contributed by atoms with Gasteiger partial charge in [-0.05, 0) is 23.6 Å². The Kier molecular flexibility index (Phi) is 5.96. The molecule has 4 rings (SSSR count). The van der Waals surface area contributed by atoms with E-state index >= 15 is 0 Å². The van der Waals surface area contributed by atoms with Crippen LogP contribution < -0.4 is 5.32 Å². The molecule has 29 heavy (non-hydrogen) atoms. The minimum Gasteiger partial charge on any atom is -0.355 e. The molecule has 4 aromatic rings. The predicted molar refractivity (Wildman–Crippen MR) is 113 cm³/mol. The Labute approximate surface area is 175 Å². The first-order valence-electron chi connectivity index (χ1n) is 9.05. The van der Waals surface area contributed by atoms with Crippen LogP contribution >= 0.6 is 23.1 Å². The van der Waals surface area contributed by atoms with E-state index in [4.69, 9.17) is 4.52 Å². The van der Waals surface area contributed by atoms with E-state index in [1.54, 1.807) is 17.4 Å². The lowest BCUT2D eigenvalue weighted by atomic mass is 10.3. The van der Waals surface area contributed by atoms with E-state index in [-0.39, 0.29) is 11.7 Å². The van der Waals surface area contributed by atoms with Crippen LogP contribution in [-0.4, -0.2) is 32.9 Å². The molecule has 1 aromatic carbocycles. The molecule has 0 radical (unpaired) electrons. The lowest BCUT2D eigenvalue weighted by molar-refractivity contribution is -0.118. The maximum atomic E-state index is 13.8. The average Bonchev–Trinajstić information content (AvgIpc) is 3.44. The molecule has 0 aliphatic rings. The van der Waals surface area contributed by atoms with Gasteiger partial charge < -0.3 is 14.4 Å². The number of aromatic nitrogens is 3. The number of carbonyl (C=O) groups excluding carboxylic acids is 1. The first-order valence-corrected chi connectivity index (χ1v) is 11.1. The lowest BCUT2D eigenvalue weighted by Gasteiger charge is -2.05. The van der Waals surface area contributed by atoms with E-state index in [9.17, 15) is 9.18 Å². The summed E-state index contributed by atoms with van der Waals surface area (Å²) in [5.74, 6) is 2.03. The molecule has 150 valence electrons. The number of hydrogen-bond donors (Lipinski definition) is 1. The smallest absolute Gasteiger partial charge is 0.230 e. The number of carbonyl (C=O) groups is 1. The van der Waals surface area contributed by atoms with E-state index in [1.165, 1.54) is 17.8 Å². The van der Waals surface area contributed by atoms with Crippen molar-refractivity contribution in [2.45, 2.75) is 12.2 Å². The highest BCUT2D eigenvalue weighted by atomic mass is 32.2. The molecule has 0 saturated carbocycles. The largest absolute Gasteiger partial charge is 0.355 e. The topological polar surface area (TPSA) is 73.0 Å². The van der Waals surface area contributed by atoms with Gasteiger partial charge in [0.15, 0.2) is 11.6 Å². The molecular weight excluding hydrogens is 411 g/mol. The minimum absolute atomic E-state index is 0.0538. The van der Waals surface area contributed by atoms with Crippen LogP contribution in [-0.2, 0) is 24.0 Å². The number of aryl methyl sites for hydroxylation is 1. The van der Waals surface area contributed by atoms with E-state index in [2.05, 4.69) is 15.5 Å². The van der Waals surface area contributed by atoms with Crippen molar-refractivity contribution in [2.75, 3.05) is 12.3 Å². The summed E-state index contributed by atoms with van der Waals surface area (Å²) in [7, 11) is 1.85. The van der Waals surface area contributed by atoms with Crippen molar-refractivity contribution >= 4 is 40.0 Å². The number of rotatable bonds is 8. The number of benzene rings is 1. The number of nitrogens with one attached hydrogen (secondary N) is 1. The lowest BCUT2D eigenvalue weighted by Crippen LogP contribution is -2.28. The first-order chi connectivity index (χ1) is 14.1. The zero-order valence-corrected chi connectivity index (χ0v) is 17.4. The fourth-order valence-corrected chi connectivity index (χ4v) is 4.39. The summed E-state index contributed by atoms with van der Waals surface area (Å²) in [5.41, 5.74) is 1.92. The van der Waals surface area contributed by atoms with Crippen molar-refractivity contribution in [3.63, 3.8) is 0 Å². The van der Waals surface area contributed by atoms with E-state index in [0.717, 1.165) is 27.7 Å². The number of para-hydroxylation sites is 1. The number of amides is 1. The van der Waals surface area contributed by atoms with E-state index in [0.29, 0.717) is 30.0 Å². The summed E-state index contributed by atoms with van der Waals surface area (Å²) in [6.07, 6.45) is 0.536. The Hall–Kier alpha value is -2.65. The molecule has 0 aliphatic heterocycles.